The maximum absolute atomic E-state index is 11.1. The quantitative estimate of drug-likeness (QED) is 0.688. The number of aliphatic hydroxyl groups excluding tert-OH is 3. The molecule has 4 fully saturated rings. The van der Waals surface area contributed by atoms with E-state index in [9.17, 15) is 15.3 Å². The molecule has 4 rings (SSSR count). The van der Waals surface area contributed by atoms with Gasteiger partial charge in [-0.25, -0.2) is 0 Å². The monoisotopic (exact) mass is 336 g/mol. The minimum Gasteiger partial charge on any atom is -0.393 e. The summed E-state index contributed by atoms with van der Waals surface area (Å²) in [5.74, 6) is 2.18. The van der Waals surface area contributed by atoms with E-state index >= 15 is 0 Å². The van der Waals surface area contributed by atoms with Gasteiger partial charge in [0.05, 0.1) is 18.3 Å². The van der Waals surface area contributed by atoms with Crippen molar-refractivity contribution in [2.75, 3.05) is 0 Å². The molecular formula is C21H36O3. The van der Waals surface area contributed by atoms with Crippen LogP contribution in [0.1, 0.15) is 72.1 Å². The second kappa shape index (κ2) is 5.69. The Morgan fingerprint density at radius 3 is 2.17 bits per heavy atom. The van der Waals surface area contributed by atoms with Gasteiger partial charge in [0.15, 0.2) is 0 Å². The molecule has 24 heavy (non-hydrogen) atoms. The lowest BCUT2D eigenvalue weighted by Gasteiger charge is -2.63. The van der Waals surface area contributed by atoms with Gasteiger partial charge in [-0.3, -0.25) is 0 Å². The molecule has 0 radical (unpaired) electrons. The molecule has 0 aliphatic heterocycles. The molecule has 0 aromatic rings. The molecule has 4 aliphatic carbocycles. The van der Waals surface area contributed by atoms with Crippen molar-refractivity contribution in [3.63, 3.8) is 0 Å². The average molecular weight is 337 g/mol. The lowest BCUT2D eigenvalue weighted by Crippen LogP contribution is -2.64. The topological polar surface area (TPSA) is 60.7 Å². The van der Waals surface area contributed by atoms with E-state index in [4.69, 9.17) is 0 Å². The van der Waals surface area contributed by atoms with E-state index in [1.165, 1.54) is 32.1 Å². The van der Waals surface area contributed by atoms with Crippen molar-refractivity contribution in [2.24, 2.45) is 40.4 Å². The summed E-state index contributed by atoms with van der Waals surface area (Å²) in [5, 5.41) is 32.2. The molecule has 0 aromatic carbocycles. The summed E-state index contributed by atoms with van der Waals surface area (Å²) in [6.45, 7) is 7.13. The standard InChI is InChI=1S/C21H36O3/c1-4-12-5-6-14-17-15(8-10-20(12,14)2)21(3)9-7-13(22)11-16(21)18(23)19(17)24/h12-19,22-24H,4-11H2,1-3H3/t12-,13+,14?,15?,16?,17?,18+,19+,20+,21+/m0/s1. The highest BCUT2D eigenvalue weighted by atomic mass is 16.3. The maximum Gasteiger partial charge on any atom is 0.0836 e. The van der Waals surface area contributed by atoms with Crippen molar-refractivity contribution in [1.82, 2.24) is 0 Å². The molecule has 0 bridgehead atoms. The first-order valence-corrected chi connectivity index (χ1v) is 10.4. The first kappa shape index (κ1) is 17.3. The van der Waals surface area contributed by atoms with Crippen LogP contribution in [-0.2, 0) is 0 Å². The van der Waals surface area contributed by atoms with E-state index in [2.05, 4.69) is 20.8 Å². The summed E-state index contributed by atoms with van der Waals surface area (Å²) in [6.07, 6.45) is 7.21. The van der Waals surface area contributed by atoms with Gasteiger partial charge in [0, 0.05) is 0 Å². The van der Waals surface area contributed by atoms with Crippen LogP contribution in [0.15, 0.2) is 0 Å². The Bertz CT molecular complexity index is 493. The van der Waals surface area contributed by atoms with Gasteiger partial charge in [0.1, 0.15) is 0 Å². The van der Waals surface area contributed by atoms with Gasteiger partial charge in [-0.05, 0) is 85.4 Å². The second-order valence-corrected chi connectivity index (χ2v) is 10.0. The number of rotatable bonds is 1. The summed E-state index contributed by atoms with van der Waals surface area (Å²) in [5.41, 5.74) is 0.447. The zero-order valence-electron chi connectivity index (χ0n) is 15.6. The van der Waals surface area contributed by atoms with Crippen LogP contribution < -0.4 is 0 Å². The molecule has 0 aromatic heterocycles. The van der Waals surface area contributed by atoms with Gasteiger partial charge in [-0.2, -0.15) is 0 Å². The van der Waals surface area contributed by atoms with Crippen molar-refractivity contribution >= 4 is 0 Å². The van der Waals surface area contributed by atoms with Crippen molar-refractivity contribution in [3.8, 4) is 0 Å². The number of hydrogen-bond donors (Lipinski definition) is 3. The van der Waals surface area contributed by atoms with E-state index in [0.717, 1.165) is 18.8 Å². The SMILES string of the molecule is CC[C@H]1CCC2C3C(CC[C@@]21C)[C@@]1(C)CC[C@@H](O)CC1[C@@H](O)[C@@H]3O. The van der Waals surface area contributed by atoms with Crippen molar-refractivity contribution in [1.29, 1.82) is 0 Å². The number of fused-ring (bicyclic) bond motifs is 5. The largest absolute Gasteiger partial charge is 0.393 e. The smallest absolute Gasteiger partial charge is 0.0836 e. The lowest BCUT2D eigenvalue weighted by atomic mass is 9.43. The average Bonchev–Trinajstić information content (AvgIpc) is 2.90. The Balaban J connectivity index is 1.70. The molecule has 3 heteroatoms. The molecular weight excluding hydrogens is 300 g/mol. The van der Waals surface area contributed by atoms with Crippen LogP contribution >= 0.6 is 0 Å². The molecule has 0 spiro atoms. The first-order valence-electron chi connectivity index (χ1n) is 10.4. The third-order valence-corrected chi connectivity index (χ3v) is 9.41. The molecule has 0 heterocycles. The predicted octanol–water partition coefficient (Wildman–Crippen LogP) is 3.36. The van der Waals surface area contributed by atoms with Crippen LogP contribution in [0.2, 0.25) is 0 Å². The number of aliphatic hydroxyl groups is 3. The van der Waals surface area contributed by atoms with E-state index in [1.54, 1.807) is 0 Å². The summed E-state index contributed by atoms with van der Waals surface area (Å²) in [4.78, 5) is 0. The molecule has 10 atom stereocenters. The minimum atomic E-state index is -0.658. The highest BCUT2D eigenvalue weighted by Gasteiger charge is 2.64. The van der Waals surface area contributed by atoms with E-state index in [0.29, 0.717) is 23.7 Å². The van der Waals surface area contributed by atoms with Crippen LogP contribution in [0.3, 0.4) is 0 Å². The molecule has 4 saturated carbocycles. The van der Waals surface area contributed by atoms with Crippen LogP contribution in [0, 0.1) is 40.4 Å². The Kier molecular flexibility index (Phi) is 4.10. The Morgan fingerprint density at radius 1 is 0.792 bits per heavy atom. The fraction of sp³-hybridized carbons (Fsp3) is 1.00. The van der Waals surface area contributed by atoms with Gasteiger partial charge < -0.3 is 15.3 Å². The Morgan fingerprint density at radius 2 is 1.46 bits per heavy atom. The first-order chi connectivity index (χ1) is 11.3. The van der Waals surface area contributed by atoms with Crippen LogP contribution in [0.25, 0.3) is 0 Å². The van der Waals surface area contributed by atoms with E-state index in [1.807, 2.05) is 0 Å². The summed E-state index contributed by atoms with van der Waals surface area (Å²) >= 11 is 0. The van der Waals surface area contributed by atoms with Gasteiger partial charge in [0.25, 0.3) is 0 Å². The predicted molar refractivity (Wildman–Crippen MR) is 94.3 cm³/mol. The normalized spacial score (nSPS) is 60.2. The zero-order valence-corrected chi connectivity index (χ0v) is 15.6. The Labute approximate surface area is 146 Å². The molecule has 138 valence electrons. The van der Waals surface area contributed by atoms with E-state index in [-0.39, 0.29) is 23.4 Å². The van der Waals surface area contributed by atoms with Crippen molar-refractivity contribution < 1.29 is 15.3 Å². The summed E-state index contributed by atoms with van der Waals surface area (Å²) < 4.78 is 0. The molecule has 0 amide bonds. The van der Waals surface area contributed by atoms with Crippen molar-refractivity contribution in [2.45, 2.75) is 90.4 Å². The van der Waals surface area contributed by atoms with Gasteiger partial charge in [-0.15, -0.1) is 0 Å². The summed E-state index contributed by atoms with van der Waals surface area (Å²) in [6, 6.07) is 0. The minimum absolute atomic E-state index is 0.0604. The third-order valence-electron chi connectivity index (χ3n) is 9.41. The zero-order chi connectivity index (χ0) is 17.3. The Hall–Kier alpha value is -0.120. The second-order valence-electron chi connectivity index (χ2n) is 10.0. The van der Waals surface area contributed by atoms with Gasteiger partial charge >= 0.3 is 0 Å². The molecule has 4 aliphatic rings. The number of hydrogen-bond acceptors (Lipinski definition) is 3. The van der Waals surface area contributed by atoms with Crippen LogP contribution in [0.5, 0.6) is 0 Å². The van der Waals surface area contributed by atoms with Gasteiger partial charge in [0.2, 0.25) is 0 Å². The molecule has 3 nitrogen and oxygen atoms in total. The molecule has 3 N–H and O–H groups in total. The maximum atomic E-state index is 11.1. The fourth-order valence-corrected chi connectivity index (χ4v) is 8.02. The third kappa shape index (κ3) is 2.13. The molecule has 4 unspecified atom stereocenters. The van der Waals surface area contributed by atoms with Crippen LogP contribution in [0.4, 0.5) is 0 Å². The van der Waals surface area contributed by atoms with Crippen molar-refractivity contribution in [3.05, 3.63) is 0 Å². The van der Waals surface area contributed by atoms with Gasteiger partial charge in [-0.1, -0.05) is 27.2 Å². The summed E-state index contributed by atoms with van der Waals surface area (Å²) in [7, 11) is 0. The molecule has 0 saturated heterocycles. The van der Waals surface area contributed by atoms with E-state index < -0.39 is 12.2 Å². The highest BCUT2D eigenvalue weighted by molar-refractivity contribution is 5.13. The highest BCUT2D eigenvalue weighted by Crippen LogP contribution is 2.67. The lowest BCUT2D eigenvalue weighted by molar-refractivity contribution is -0.222. The van der Waals surface area contributed by atoms with Crippen LogP contribution in [-0.4, -0.2) is 33.6 Å². The fourth-order valence-electron chi connectivity index (χ4n) is 8.02.